The van der Waals surface area contributed by atoms with Crippen LogP contribution in [-0.4, -0.2) is 18.6 Å². The van der Waals surface area contributed by atoms with Crippen molar-refractivity contribution in [1.29, 1.82) is 0 Å². The summed E-state index contributed by atoms with van der Waals surface area (Å²) < 4.78 is 13.6. The van der Waals surface area contributed by atoms with Crippen LogP contribution in [0.5, 0.6) is 0 Å². The highest BCUT2D eigenvalue weighted by Gasteiger charge is 2.13. The van der Waals surface area contributed by atoms with Crippen molar-refractivity contribution in [3.63, 3.8) is 0 Å². The highest BCUT2D eigenvalue weighted by atomic mass is 19.1. The molecular weight excluding hydrogens is 215 g/mol. The maximum Gasteiger partial charge on any atom is 0.146 e. The molecule has 17 heavy (non-hydrogen) atoms. The first-order valence-corrected chi connectivity index (χ1v) is 6.22. The van der Waals surface area contributed by atoms with E-state index in [4.69, 9.17) is 5.73 Å². The molecule has 1 aromatic rings. The number of benzene rings is 1. The van der Waals surface area contributed by atoms with E-state index in [2.05, 4.69) is 4.90 Å². The molecule has 1 aromatic carbocycles. The van der Waals surface area contributed by atoms with E-state index in [1.807, 2.05) is 32.9 Å². The maximum absolute atomic E-state index is 13.6. The van der Waals surface area contributed by atoms with Gasteiger partial charge < -0.3 is 10.6 Å². The largest absolute Gasteiger partial charge is 0.369 e. The van der Waals surface area contributed by atoms with Gasteiger partial charge in [0.05, 0.1) is 5.69 Å². The van der Waals surface area contributed by atoms with E-state index in [-0.39, 0.29) is 11.4 Å². The number of rotatable bonds is 6. The topological polar surface area (TPSA) is 29.3 Å². The van der Waals surface area contributed by atoms with Crippen LogP contribution in [0.1, 0.15) is 33.6 Å². The number of nitrogens with two attached hydrogens (primary N) is 1. The monoisotopic (exact) mass is 238 g/mol. The van der Waals surface area contributed by atoms with Crippen LogP contribution in [0.15, 0.2) is 24.3 Å². The molecule has 0 spiro atoms. The summed E-state index contributed by atoms with van der Waals surface area (Å²) in [5, 5.41) is 0. The van der Waals surface area contributed by atoms with Crippen molar-refractivity contribution in [2.24, 2.45) is 5.73 Å². The second-order valence-electron chi connectivity index (χ2n) is 5.12. The minimum absolute atomic E-state index is 0.144. The summed E-state index contributed by atoms with van der Waals surface area (Å²) in [4.78, 5) is 2.06. The van der Waals surface area contributed by atoms with Gasteiger partial charge in [-0.3, -0.25) is 0 Å². The summed E-state index contributed by atoms with van der Waals surface area (Å²) in [6.07, 6.45) is 1.92. The SMILES string of the molecule is CCN(CCCC(C)(C)N)c1ccccc1F. The van der Waals surface area contributed by atoms with E-state index in [1.54, 1.807) is 6.07 Å². The predicted molar refractivity (Wildman–Crippen MR) is 71.8 cm³/mol. The summed E-state index contributed by atoms with van der Waals surface area (Å²) in [5.41, 5.74) is 6.48. The Kier molecular flexibility index (Phi) is 4.94. The van der Waals surface area contributed by atoms with Gasteiger partial charge in [0, 0.05) is 18.6 Å². The molecule has 0 aliphatic rings. The highest BCUT2D eigenvalue weighted by molar-refractivity contribution is 5.47. The number of hydrogen-bond donors (Lipinski definition) is 1. The van der Waals surface area contributed by atoms with Gasteiger partial charge in [-0.1, -0.05) is 12.1 Å². The molecule has 0 aromatic heterocycles. The molecule has 0 saturated heterocycles. The first kappa shape index (κ1) is 14.0. The fraction of sp³-hybridized carbons (Fsp3) is 0.571. The van der Waals surface area contributed by atoms with Crippen LogP contribution < -0.4 is 10.6 Å². The molecule has 0 bridgehead atoms. The Morgan fingerprint density at radius 3 is 2.47 bits per heavy atom. The quantitative estimate of drug-likeness (QED) is 0.824. The molecular formula is C14H23FN2. The number of para-hydroxylation sites is 1. The third kappa shape index (κ3) is 4.73. The number of nitrogens with zero attached hydrogens (tertiary/aromatic N) is 1. The van der Waals surface area contributed by atoms with E-state index in [0.717, 1.165) is 25.9 Å². The van der Waals surface area contributed by atoms with Gasteiger partial charge in [-0.2, -0.15) is 0 Å². The third-order valence-electron chi connectivity index (χ3n) is 2.82. The molecule has 0 radical (unpaired) electrons. The second-order valence-corrected chi connectivity index (χ2v) is 5.12. The Balaban J connectivity index is 2.58. The van der Waals surface area contributed by atoms with Gasteiger partial charge in [-0.05, 0) is 45.7 Å². The summed E-state index contributed by atoms with van der Waals surface area (Å²) in [5.74, 6) is -0.152. The summed E-state index contributed by atoms with van der Waals surface area (Å²) in [7, 11) is 0. The lowest BCUT2D eigenvalue weighted by atomic mass is 10.00. The third-order valence-corrected chi connectivity index (χ3v) is 2.82. The van der Waals surface area contributed by atoms with Crippen LogP contribution >= 0.6 is 0 Å². The first-order chi connectivity index (χ1) is 7.94. The Labute approximate surface area is 104 Å². The molecule has 2 nitrogen and oxygen atoms in total. The molecule has 1 rings (SSSR count). The van der Waals surface area contributed by atoms with Crippen molar-refractivity contribution in [3.8, 4) is 0 Å². The van der Waals surface area contributed by atoms with Crippen LogP contribution in [0.2, 0.25) is 0 Å². The van der Waals surface area contributed by atoms with Crippen LogP contribution in [0.25, 0.3) is 0 Å². The zero-order chi connectivity index (χ0) is 12.9. The van der Waals surface area contributed by atoms with Gasteiger partial charge in [0.2, 0.25) is 0 Å². The van der Waals surface area contributed by atoms with Crippen molar-refractivity contribution >= 4 is 5.69 Å². The Bertz CT molecular complexity index is 344. The minimum atomic E-state index is -0.152. The number of hydrogen-bond acceptors (Lipinski definition) is 2. The van der Waals surface area contributed by atoms with Crippen molar-refractivity contribution in [2.75, 3.05) is 18.0 Å². The molecule has 96 valence electrons. The van der Waals surface area contributed by atoms with Crippen molar-refractivity contribution in [2.45, 2.75) is 39.2 Å². The lowest BCUT2D eigenvalue weighted by Crippen LogP contribution is -2.33. The van der Waals surface area contributed by atoms with E-state index in [0.29, 0.717) is 5.69 Å². The van der Waals surface area contributed by atoms with E-state index >= 15 is 0 Å². The molecule has 0 aliphatic carbocycles. The van der Waals surface area contributed by atoms with Gasteiger partial charge >= 0.3 is 0 Å². The smallest absolute Gasteiger partial charge is 0.146 e. The van der Waals surface area contributed by atoms with Gasteiger partial charge in [-0.15, -0.1) is 0 Å². The predicted octanol–water partition coefficient (Wildman–Crippen LogP) is 3.17. The summed E-state index contributed by atoms with van der Waals surface area (Å²) in [6, 6.07) is 6.92. The first-order valence-electron chi connectivity index (χ1n) is 6.22. The molecule has 0 fully saturated rings. The van der Waals surface area contributed by atoms with E-state index < -0.39 is 0 Å². The molecule has 3 heteroatoms. The zero-order valence-electron chi connectivity index (χ0n) is 11.0. The van der Waals surface area contributed by atoms with Crippen molar-refractivity contribution in [1.82, 2.24) is 0 Å². The standard InChI is InChI=1S/C14H23FN2/c1-4-17(11-7-10-14(2,3)16)13-9-6-5-8-12(13)15/h5-6,8-9H,4,7,10-11,16H2,1-3H3. The van der Waals surface area contributed by atoms with Gasteiger partial charge in [0.1, 0.15) is 5.82 Å². The normalized spacial score (nSPS) is 11.6. The van der Waals surface area contributed by atoms with Gasteiger partial charge in [-0.25, -0.2) is 4.39 Å². The minimum Gasteiger partial charge on any atom is -0.369 e. The fourth-order valence-electron chi connectivity index (χ4n) is 1.88. The highest BCUT2D eigenvalue weighted by Crippen LogP contribution is 2.19. The average Bonchev–Trinajstić information content (AvgIpc) is 2.24. The van der Waals surface area contributed by atoms with Crippen LogP contribution in [0.4, 0.5) is 10.1 Å². The maximum atomic E-state index is 13.6. The van der Waals surface area contributed by atoms with E-state index in [9.17, 15) is 4.39 Å². The summed E-state index contributed by atoms with van der Waals surface area (Å²) >= 11 is 0. The Morgan fingerprint density at radius 1 is 1.29 bits per heavy atom. The van der Waals surface area contributed by atoms with Crippen LogP contribution in [-0.2, 0) is 0 Å². The Morgan fingerprint density at radius 2 is 1.94 bits per heavy atom. The lowest BCUT2D eigenvalue weighted by Gasteiger charge is -2.25. The Hall–Kier alpha value is -1.09. The van der Waals surface area contributed by atoms with Crippen LogP contribution in [0.3, 0.4) is 0 Å². The molecule has 2 N–H and O–H groups in total. The molecule has 0 amide bonds. The molecule has 0 unspecified atom stereocenters. The van der Waals surface area contributed by atoms with Gasteiger partial charge in [0.15, 0.2) is 0 Å². The van der Waals surface area contributed by atoms with E-state index in [1.165, 1.54) is 6.07 Å². The molecule has 0 saturated carbocycles. The number of halogens is 1. The lowest BCUT2D eigenvalue weighted by molar-refractivity contribution is 0.458. The molecule has 0 atom stereocenters. The van der Waals surface area contributed by atoms with Gasteiger partial charge in [0.25, 0.3) is 0 Å². The fourth-order valence-corrected chi connectivity index (χ4v) is 1.88. The average molecular weight is 238 g/mol. The summed E-state index contributed by atoms with van der Waals surface area (Å²) in [6.45, 7) is 7.74. The number of anilines is 1. The van der Waals surface area contributed by atoms with Crippen molar-refractivity contribution in [3.05, 3.63) is 30.1 Å². The molecule has 0 aliphatic heterocycles. The molecule has 0 heterocycles. The zero-order valence-corrected chi connectivity index (χ0v) is 11.0. The van der Waals surface area contributed by atoms with Crippen molar-refractivity contribution < 1.29 is 4.39 Å². The second kappa shape index (κ2) is 6.01. The van der Waals surface area contributed by atoms with Crippen LogP contribution in [0, 0.1) is 5.82 Å².